The van der Waals surface area contributed by atoms with Gasteiger partial charge >= 0.3 is 6.36 Å². The van der Waals surface area contributed by atoms with Gasteiger partial charge in [-0.3, -0.25) is 4.79 Å². The van der Waals surface area contributed by atoms with Crippen LogP contribution in [0.4, 0.5) is 13.2 Å². The van der Waals surface area contributed by atoms with Crippen molar-refractivity contribution >= 4 is 5.78 Å². The van der Waals surface area contributed by atoms with Gasteiger partial charge in [-0.1, -0.05) is 30.3 Å². The van der Waals surface area contributed by atoms with E-state index in [1.165, 1.54) is 25.3 Å². The molecule has 2 aliphatic rings. The lowest BCUT2D eigenvalue weighted by atomic mass is 9.69. The molecule has 0 bridgehead atoms. The van der Waals surface area contributed by atoms with Crippen molar-refractivity contribution in [3.63, 3.8) is 0 Å². The molecule has 30 heavy (non-hydrogen) atoms. The molecule has 1 spiro atoms. The first-order valence-electron chi connectivity index (χ1n) is 10.1. The predicted molar refractivity (Wildman–Crippen MR) is 106 cm³/mol. The zero-order valence-corrected chi connectivity index (χ0v) is 16.7. The fourth-order valence-corrected chi connectivity index (χ4v) is 5.09. The largest absolute Gasteiger partial charge is 0.573 e. The fraction of sp³-hybridized carbons (Fsp3) is 0.435. The SMILES string of the molecule is COc1ccc(OC(F)(F)F)cc1C1CC(=O)C2(CCCNC2c2ccccc2)C1. The first-order valence-corrected chi connectivity index (χ1v) is 10.1. The van der Waals surface area contributed by atoms with E-state index in [1.54, 1.807) is 0 Å². The Morgan fingerprint density at radius 2 is 1.90 bits per heavy atom. The van der Waals surface area contributed by atoms with Gasteiger partial charge in [-0.05, 0) is 55.5 Å². The van der Waals surface area contributed by atoms with Crippen LogP contribution in [0, 0.1) is 5.41 Å². The molecule has 3 unspecified atom stereocenters. The number of halogens is 3. The average Bonchev–Trinajstić information content (AvgIpc) is 3.04. The molecule has 1 N–H and O–H groups in total. The van der Waals surface area contributed by atoms with Gasteiger partial charge in [0.15, 0.2) is 0 Å². The van der Waals surface area contributed by atoms with Crippen LogP contribution in [0.5, 0.6) is 11.5 Å². The molecule has 1 saturated carbocycles. The van der Waals surface area contributed by atoms with Gasteiger partial charge < -0.3 is 14.8 Å². The van der Waals surface area contributed by atoms with Crippen LogP contribution in [0.25, 0.3) is 0 Å². The second-order valence-electron chi connectivity index (χ2n) is 8.04. The molecule has 0 radical (unpaired) electrons. The summed E-state index contributed by atoms with van der Waals surface area (Å²) in [5.74, 6) is 0.0978. The molecule has 2 fully saturated rings. The number of ether oxygens (including phenoxy) is 2. The molecular weight excluding hydrogens is 395 g/mol. The van der Waals surface area contributed by atoms with Crippen molar-refractivity contribution in [1.82, 2.24) is 5.32 Å². The number of hydrogen-bond acceptors (Lipinski definition) is 4. The van der Waals surface area contributed by atoms with Crippen LogP contribution in [0.1, 0.15) is 48.8 Å². The van der Waals surface area contributed by atoms with E-state index in [2.05, 4.69) is 10.1 Å². The summed E-state index contributed by atoms with van der Waals surface area (Å²) < 4.78 is 47.6. The van der Waals surface area contributed by atoms with E-state index in [1.807, 2.05) is 30.3 Å². The average molecular weight is 419 g/mol. The van der Waals surface area contributed by atoms with Gasteiger partial charge in [-0.2, -0.15) is 0 Å². The lowest BCUT2D eigenvalue weighted by molar-refractivity contribution is -0.274. The molecule has 1 aliphatic carbocycles. The Hall–Kier alpha value is -2.54. The Morgan fingerprint density at radius 1 is 1.13 bits per heavy atom. The minimum Gasteiger partial charge on any atom is -0.496 e. The highest BCUT2D eigenvalue weighted by Gasteiger charge is 2.53. The molecule has 4 rings (SSSR count). The van der Waals surface area contributed by atoms with Crippen LogP contribution in [-0.4, -0.2) is 25.8 Å². The maximum absolute atomic E-state index is 13.3. The minimum atomic E-state index is -4.77. The highest BCUT2D eigenvalue weighted by atomic mass is 19.4. The van der Waals surface area contributed by atoms with Gasteiger partial charge in [0.2, 0.25) is 0 Å². The van der Waals surface area contributed by atoms with Crippen LogP contribution in [0.15, 0.2) is 48.5 Å². The summed E-state index contributed by atoms with van der Waals surface area (Å²) in [6, 6.07) is 13.8. The molecule has 2 aromatic carbocycles. The molecule has 160 valence electrons. The number of hydrogen-bond donors (Lipinski definition) is 1. The normalized spacial score (nSPS) is 26.7. The first kappa shape index (κ1) is 20.7. The van der Waals surface area contributed by atoms with Crippen LogP contribution < -0.4 is 14.8 Å². The number of carbonyl (C=O) groups is 1. The number of rotatable bonds is 4. The molecule has 0 aromatic heterocycles. The van der Waals surface area contributed by atoms with Gasteiger partial charge in [0.25, 0.3) is 0 Å². The second kappa shape index (κ2) is 7.95. The van der Waals surface area contributed by atoms with Crippen LogP contribution in [0.2, 0.25) is 0 Å². The zero-order chi connectivity index (χ0) is 21.4. The Bertz CT molecular complexity index is 916. The quantitative estimate of drug-likeness (QED) is 0.745. The Balaban J connectivity index is 1.68. The lowest BCUT2D eigenvalue weighted by Gasteiger charge is -2.41. The third-order valence-electron chi connectivity index (χ3n) is 6.31. The molecule has 1 aliphatic heterocycles. The summed E-state index contributed by atoms with van der Waals surface area (Å²) in [5.41, 5.74) is 1.07. The lowest BCUT2D eigenvalue weighted by Crippen LogP contribution is -2.45. The molecule has 2 aromatic rings. The topological polar surface area (TPSA) is 47.6 Å². The summed E-state index contributed by atoms with van der Waals surface area (Å²) in [6.07, 6.45) is -2.29. The molecule has 1 heterocycles. The van der Waals surface area contributed by atoms with E-state index in [4.69, 9.17) is 4.74 Å². The van der Waals surface area contributed by atoms with Crippen LogP contribution in [-0.2, 0) is 4.79 Å². The van der Waals surface area contributed by atoms with Crippen molar-refractivity contribution in [1.29, 1.82) is 0 Å². The number of ketones is 1. The minimum absolute atomic E-state index is 0.106. The monoisotopic (exact) mass is 419 g/mol. The van der Waals surface area contributed by atoms with E-state index >= 15 is 0 Å². The van der Waals surface area contributed by atoms with Crippen molar-refractivity contribution < 1.29 is 27.4 Å². The summed E-state index contributed by atoms with van der Waals surface area (Å²) in [6.45, 7) is 0.831. The summed E-state index contributed by atoms with van der Waals surface area (Å²) >= 11 is 0. The second-order valence-corrected chi connectivity index (χ2v) is 8.04. The highest BCUT2D eigenvalue weighted by Crippen LogP contribution is 2.56. The maximum atomic E-state index is 13.3. The number of Topliss-reactive ketones (excluding diaryl/α,β-unsaturated/α-hetero) is 1. The standard InChI is InChI=1S/C23H24F3NO3/c1-29-19-9-8-17(30-23(24,25)26)13-18(19)16-12-20(28)22(14-16)10-5-11-27-21(22)15-6-3-2-4-7-15/h2-4,6-9,13,16,21,27H,5,10-12,14H2,1H3. The molecule has 3 atom stereocenters. The predicted octanol–water partition coefficient (Wildman–Crippen LogP) is 5.15. The van der Waals surface area contributed by atoms with Crippen molar-refractivity contribution in [2.75, 3.05) is 13.7 Å². The number of carbonyl (C=O) groups excluding carboxylic acids is 1. The number of benzene rings is 2. The Morgan fingerprint density at radius 3 is 2.60 bits per heavy atom. The van der Waals surface area contributed by atoms with Crippen molar-refractivity contribution in [3.05, 3.63) is 59.7 Å². The number of piperidine rings is 1. The van der Waals surface area contributed by atoms with E-state index < -0.39 is 11.8 Å². The molecule has 4 nitrogen and oxygen atoms in total. The van der Waals surface area contributed by atoms with E-state index in [-0.39, 0.29) is 29.9 Å². The summed E-state index contributed by atoms with van der Waals surface area (Å²) in [4.78, 5) is 13.3. The van der Waals surface area contributed by atoms with Gasteiger partial charge in [0.1, 0.15) is 17.3 Å². The number of alkyl halides is 3. The number of nitrogens with one attached hydrogen (secondary N) is 1. The van der Waals surface area contributed by atoms with E-state index in [0.717, 1.165) is 24.9 Å². The van der Waals surface area contributed by atoms with Gasteiger partial charge in [0, 0.05) is 23.4 Å². The van der Waals surface area contributed by atoms with Crippen molar-refractivity contribution in [2.45, 2.75) is 44.0 Å². The summed E-state index contributed by atoms with van der Waals surface area (Å²) in [5, 5.41) is 3.52. The smallest absolute Gasteiger partial charge is 0.496 e. The van der Waals surface area contributed by atoms with Gasteiger partial charge in [0.05, 0.1) is 7.11 Å². The number of methoxy groups -OCH3 is 1. The van der Waals surface area contributed by atoms with Crippen molar-refractivity contribution in [3.8, 4) is 11.5 Å². The third kappa shape index (κ3) is 3.90. The molecule has 0 amide bonds. The Labute approximate surface area is 173 Å². The maximum Gasteiger partial charge on any atom is 0.573 e. The van der Waals surface area contributed by atoms with Crippen molar-refractivity contribution in [2.24, 2.45) is 5.41 Å². The molecule has 1 saturated heterocycles. The van der Waals surface area contributed by atoms with E-state index in [0.29, 0.717) is 17.7 Å². The zero-order valence-electron chi connectivity index (χ0n) is 16.7. The van der Waals surface area contributed by atoms with E-state index in [9.17, 15) is 18.0 Å². The van der Waals surface area contributed by atoms with Crippen LogP contribution >= 0.6 is 0 Å². The first-order chi connectivity index (χ1) is 14.3. The summed E-state index contributed by atoms with van der Waals surface area (Å²) in [7, 11) is 1.48. The third-order valence-corrected chi connectivity index (χ3v) is 6.31. The highest BCUT2D eigenvalue weighted by molar-refractivity contribution is 5.89. The van der Waals surface area contributed by atoms with Gasteiger partial charge in [-0.15, -0.1) is 13.2 Å². The fourth-order valence-electron chi connectivity index (χ4n) is 5.09. The molecular formula is C23H24F3NO3. The van der Waals surface area contributed by atoms with Crippen LogP contribution in [0.3, 0.4) is 0 Å². The Kier molecular flexibility index (Phi) is 5.49. The molecule has 7 heteroatoms. The van der Waals surface area contributed by atoms with Gasteiger partial charge in [-0.25, -0.2) is 0 Å².